The normalized spacial score (nSPS) is 19.9. The van der Waals surface area contributed by atoms with Gasteiger partial charge in [0.15, 0.2) is 5.72 Å². The lowest BCUT2D eigenvalue weighted by Gasteiger charge is -2.31. The van der Waals surface area contributed by atoms with Gasteiger partial charge >= 0.3 is 6.18 Å². The molecule has 1 aliphatic heterocycles. The standard InChI is InChI=1S/C19H16ClF3N2O2/c20-15-9-7-14(8-10-15)18(27)12-16(19(21,22)23)24-25(18)17(26)11-6-13-4-2-1-3-5-13/h1-5,7-10,27H,6,11-12H2. The van der Waals surface area contributed by atoms with Crippen LogP contribution in [0.1, 0.15) is 24.0 Å². The molecule has 0 fully saturated rings. The molecular weight excluding hydrogens is 381 g/mol. The molecule has 1 unspecified atom stereocenters. The van der Waals surface area contributed by atoms with Gasteiger partial charge < -0.3 is 5.11 Å². The molecule has 0 aromatic heterocycles. The summed E-state index contributed by atoms with van der Waals surface area (Å²) < 4.78 is 39.5. The highest BCUT2D eigenvalue weighted by Gasteiger charge is 2.52. The van der Waals surface area contributed by atoms with Crippen LogP contribution >= 0.6 is 11.6 Å². The van der Waals surface area contributed by atoms with Crippen LogP contribution in [0.5, 0.6) is 0 Å². The third-order valence-electron chi connectivity index (χ3n) is 4.33. The fourth-order valence-electron chi connectivity index (χ4n) is 2.91. The quantitative estimate of drug-likeness (QED) is 0.839. The minimum absolute atomic E-state index is 0.0887. The smallest absolute Gasteiger partial charge is 0.365 e. The van der Waals surface area contributed by atoms with Gasteiger partial charge in [-0.3, -0.25) is 4.79 Å². The van der Waals surface area contributed by atoms with Crippen molar-refractivity contribution in [1.29, 1.82) is 0 Å². The van der Waals surface area contributed by atoms with Crippen LogP contribution in [0.2, 0.25) is 5.02 Å². The lowest BCUT2D eigenvalue weighted by Crippen LogP contribution is -2.43. The summed E-state index contributed by atoms with van der Waals surface area (Å²) in [6.45, 7) is 0. The van der Waals surface area contributed by atoms with Crippen LogP contribution < -0.4 is 0 Å². The van der Waals surface area contributed by atoms with Gasteiger partial charge in [-0.25, -0.2) is 0 Å². The topological polar surface area (TPSA) is 52.9 Å². The molecule has 4 nitrogen and oxygen atoms in total. The van der Waals surface area contributed by atoms with Gasteiger partial charge in [0.05, 0.1) is 6.42 Å². The maximum atomic E-state index is 13.2. The molecule has 142 valence electrons. The van der Waals surface area contributed by atoms with Crippen LogP contribution in [0.15, 0.2) is 59.7 Å². The first-order valence-electron chi connectivity index (χ1n) is 8.20. The van der Waals surface area contributed by atoms with E-state index >= 15 is 0 Å². The zero-order valence-corrected chi connectivity index (χ0v) is 14.8. The van der Waals surface area contributed by atoms with E-state index in [4.69, 9.17) is 11.6 Å². The van der Waals surface area contributed by atoms with E-state index in [9.17, 15) is 23.1 Å². The van der Waals surface area contributed by atoms with Crippen molar-refractivity contribution < 1.29 is 23.1 Å². The second-order valence-corrected chi connectivity index (χ2v) is 6.67. The van der Waals surface area contributed by atoms with Gasteiger partial charge in [-0.15, -0.1) is 0 Å². The Hall–Kier alpha value is -2.38. The molecule has 27 heavy (non-hydrogen) atoms. The molecule has 1 N–H and O–H groups in total. The number of alkyl halides is 3. The number of aliphatic hydroxyl groups is 1. The molecule has 8 heteroatoms. The Labute approximate surface area is 158 Å². The lowest BCUT2D eigenvalue weighted by molar-refractivity contribution is -0.157. The Bertz CT molecular complexity index is 854. The Balaban J connectivity index is 1.88. The molecule has 1 heterocycles. The fraction of sp³-hybridized carbons (Fsp3) is 0.263. The van der Waals surface area contributed by atoms with Crippen molar-refractivity contribution in [3.05, 3.63) is 70.7 Å². The first-order chi connectivity index (χ1) is 12.7. The Kier molecular flexibility index (Phi) is 5.26. The fourth-order valence-corrected chi connectivity index (χ4v) is 3.04. The molecule has 2 aromatic carbocycles. The van der Waals surface area contributed by atoms with E-state index in [1.807, 2.05) is 18.2 Å². The number of halogens is 4. The van der Waals surface area contributed by atoms with Crippen molar-refractivity contribution in [1.82, 2.24) is 5.01 Å². The maximum absolute atomic E-state index is 13.2. The van der Waals surface area contributed by atoms with Gasteiger partial charge in [0.1, 0.15) is 5.71 Å². The van der Waals surface area contributed by atoms with Crippen molar-refractivity contribution in [2.75, 3.05) is 0 Å². The molecule has 0 saturated heterocycles. The highest BCUT2D eigenvalue weighted by atomic mass is 35.5. The van der Waals surface area contributed by atoms with Crippen LogP contribution in [0.25, 0.3) is 0 Å². The van der Waals surface area contributed by atoms with Gasteiger partial charge in [0.25, 0.3) is 0 Å². The number of rotatable bonds is 4. The first-order valence-corrected chi connectivity index (χ1v) is 8.58. The number of aryl methyl sites for hydroxylation is 1. The van der Waals surface area contributed by atoms with Crippen LogP contribution in [-0.2, 0) is 16.9 Å². The summed E-state index contributed by atoms with van der Waals surface area (Å²) in [6.07, 6.45) is -5.34. The van der Waals surface area contributed by atoms with Gasteiger partial charge in [0.2, 0.25) is 5.91 Å². The molecule has 0 saturated carbocycles. The Morgan fingerprint density at radius 2 is 1.78 bits per heavy atom. The highest BCUT2D eigenvalue weighted by Crippen LogP contribution is 2.40. The van der Waals surface area contributed by atoms with Crippen LogP contribution in [0, 0.1) is 0 Å². The van der Waals surface area contributed by atoms with Crippen molar-refractivity contribution in [3.8, 4) is 0 Å². The summed E-state index contributed by atoms with van der Waals surface area (Å²) in [6, 6.07) is 14.7. The largest absolute Gasteiger partial charge is 0.431 e. The number of carbonyl (C=O) groups is 1. The average Bonchev–Trinajstić information content (AvgIpc) is 3.00. The first kappa shape index (κ1) is 19.4. The van der Waals surface area contributed by atoms with Crippen molar-refractivity contribution in [2.45, 2.75) is 31.2 Å². The Morgan fingerprint density at radius 3 is 2.37 bits per heavy atom. The molecule has 1 aliphatic rings. The highest BCUT2D eigenvalue weighted by molar-refractivity contribution is 6.30. The predicted octanol–water partition coefficient (Wildman–Crippen LogP) is 4.27. The molecule has 1 amide bonds. The van der Waals surface area contributed by atoms with Crippen molar-refractivity contribution >= 4 is 23.2 Å². The average molecular weight is 397 g/mol. The molecular formula is C19H16ClF3N2O2. The van der Waals surface area contributed by atoms with Crippen molar-refractivity contribution in [3.63, 3.8) is 0 Å². The molecule has 1 atom stereocenters. The molecule has 0 aliphatic carbocycles. The number of hydrazone groups is 1. The molecule has 0 radical (unpaired) electrons. The van der Waals surface area contributed by atoms with Crippen molar-refractivity contribution in [2.24, 2.45) is 5.10 Å². The minimum atomic E-state index is -4.74. The Morgan fingerprint density at radius 1 is 1.15 bits per heavy atom. The van der Waals surface area contributed by atoms with E-state index in [2.05, 4.69) is 5.10 Å². The third-order valence-corrected chi connectivity index (χ3v) is 4.58. The summed E-state index contributed by atoms with van der Waals surface area (Å²) in [5.41, 5.74) is -2.43. The van der Waals surface area contributed by atoms with Gasteiger partial charge in [-0.2, -0.15) is 23.3 Å². The zero-order chi connectivity index (χ0) is 19.7. The summed E-state index contributed by atoms with van der Waals surface area (Å²) in [5, 5.41) is 15.3. The predicted molar refractivity (Wildman–Crippen MR) is 95.1 cm³/mol. The number of hydrogen-bond acceptors (Lipinski definition) is 3. The van der Waals surface area contributed by atoms with E-state index in [-0.39, 0.29) is 12.0 Å². The van der Waals surface area contributed by atoms with Crippen LogP contribution in [0.3, 0.4) is 0 Å². The second kappa shape index (κ2) is 7.32. The SMILES string of the molecule is O=C(CCc1ccccc1)N1N=C(C(F)(F)F)CC1(O)c1ccc(Cl)cc1. The lowest BCUT2D eigenvalue weighted by atomic mass is 9.96. The molecule has 2 aromatic rings. The minimum Gasteiger partial charge on any atom is -0.365 e. The molecule has 0 spiro atoms. The van der Waals surface area contributed by atoms with Crippen LogP contribution in [-0.4, -0.2) is 27.9 Å². The van der Waals surface area contributed by atoms with E-state index in [0.29, 0.717) is 16.5 Å². The van der Waals surface area contributed by atoms with E-state index in [1.54, 1.807) is 12.1 Å². The summed E-state index contributed by atoms with van der Waals surface area (Å²) in [5.74, 6) is -0.699. The third kappa shape index (κ3) is 4.14. The monoisotopic (exact) mass is 396 g/mol. The second-order valence-electron chi connectivity index (χ2n) is 6.24. The summed E-state index contributed by atoms with van der Waals surface area (Å²) >= 11 is 5.81. The van der Waals surface area contributed by atoms with E-state index < -0.39 is 29.9 Å². The number of benzene rings is 2. The zero-order valence-electron chi connectivity index (χ0n) is 14.1. The number of amides is 1. The number of hydrogen-bond donors (Lipinski definition) is 1. The van der Waals surface area contributed by atoms with E-state index in [1.165, 1.54) is 24.3 Å². The van der Waals surface area contributed by atoms with Gasteiger partial charge in [0, 0.05) is 17.0 Å². The number of carbonyl (C=O) groups excluding carboxylic acids is 1. The molecule has 3 rings (SSSR count). The van der Waals surface area contributed by atoms with Gasteiger partial charge in [-0.1, -0.05) is 54.1 Å². The maximum Gasteiger partial charge on any atom is 0.431 e. The van der Waals surface area contributed by atoms with Crippen LogP contribution in [0.4, 0.5) is 13.2 Å². The van der Waals surface area contributed by atoms with Gasteiger partial charge in [-0.05, 0) is 24.1 Å². The summed E-state index contributed by atoms with van der Waals surface area (Å²) in [7, 11) is 0. The number of nitrogens with zero attached hydrogens (tertiary/aromatic N) is 2. The van der Waals surface area contributed by atoms with E-state index in [0.717, 1.165) is 5.56 Å². The molecule has 0 bridgehead atoms. The summed E-state index contributed by atoms with van der Waals surface area (Å²) in [4.78, 5) is 12.6.